The maximum Gasteiger partial charge on any atom is 0.108 e. The van der Waals surface area contributed by atoms with Gasteiger partial charge in [0.2, 0.25) is 0 Å². The Morgan fingerprint density at radius 2 is 2.06 bits per heavy atom. The van der Waals surface area contributed by atoms with Crippen LogP contribution in [0, 0.1) is 0 Å². The van der Waals surface area contributed by atoms with Gasteiger partial charge in [-0.3, -0.25) is 0 Å². The summed E-state index contributed by atoms with van der Waals surface area (Å²) in [5.74, 6) is 1.20. The molecule has 1 N–H and O–H groups in total. The van der Waals surface area contributed by atoms with Crippen LogP contribution in [0.1, 0.15) is 46.4 Å². The van der Waals surface area contributed by atoms with Crippen LogP contribution in [-0.2, 0) is 13.0 Å². The highest BCUT2D eigenvalue weighted by molar-refractivity contribution is 4.91. The van der Waals surface area contributed by atoms with Gasteiger partial charge in [0, 0.05) is 30.9 Å². The van der Waals surface area contributed by atoms with E-state index in [1.807, 2.05) is 6.20 Å². The van der Waals surface area contributed by atoms with E-state index in [-0.39, 0.29) is 5.54 Å². The van der Waals surface area contributed by atoms with Crippen LogP contribution in [0.3, 0.4) is 0 Å². The Labute approximate surface area is 99.3 Å². The lowest BCUT2D eigenvalue weighted by Gasteiger charge is -2.20. The Hall–Kier alpha value is -0.830. The van der Waals surface area contributed by atoms with Crippen molar-refractivity contribution >= 4 is 0 Å². The van der Waals surface area contributed by atoms with Crippen molar-refractivity contribution in [2.75, 3.05) is 6.54 Å². The molecule has 92 valence electrons. The first-order valence-corrected chi connectivity index (χ1v) is 6.28. The van der Waals surface area contributed by atoms with Gasteiger partial charge in [-0.2, -0.15) is 0 Å². The first-order chi connectivity index (χ1) is 7.53. The highest BCUT2D eigenvalue weighted by Crippen LogP contribution is 2.03. The molecule has 0 radical (unpaired) electrons. The number of aromatic nitrogens is 2. The summed E-state index contributed by atoms with van der Waals surface area (Å²) in [5, 5.41) is 3.51. The Morgan fingerprint density at radius 3 is 2.69 bits per heavy atom. The zero-order valence-electron chi connectivity index (χ0n) is 11.1. The molecule has 0 amide bonds. The second-order valence-corrected chi connectivity index (χ2v) is 5.27. The molecule has 0 saturated heterocycles. The van der Waals surface area contributed by atoms with Gasteiger partial charge in [-0.05, 0) is 40.2 Å². The first kappa shape index (κ1) is 13.2. The Bertz CT molecular complexity index is 296. The van der Waals surface area contributed by atoms with Crippen molar-refractivity contribution in [3.05, 3.63) is 18.2 Å². The molecule has 0 aliphatic heterocycles. The monoisotopic (exact) mass is 223 g/mol. The van der Waals surface area contributed by atoms with E-state index in [4.69, 9.17) is 0 Å². The van der Waals surface area contributed by atoms with E-state index < -0.39 is 0 Å². The summed E-state index contributed by atoms with van der Waals surface area (Å²) < 4.78 is 2.26. The first-order valence-electron chi connectivity index (χ1n) is 6.28. The number of nitrogens with one attached hydrogen (secondary N) is 1. The molecule has 1 rings (SSSR count). The molecule has 0 spiro atoms. The fourth-order valence-electron chi connectivity index (χ4n) is 1.73. The summed E-state index contributed by atoms with van der Waals surface area (Å²) in [4.78, 5) is 4.32. The van der Waals surface area contributed by atoms with Crippen molar-refractivity contribution in [2.24, 2.45) is 0 Å². The normalized spacial score (nSPS) is 12.0. The molecule has 0 bridgehead atoms. The number of nitrogens with zero attached hydrogens (tertiary/aromatic N) is 2. The summed E-state index contributed by atoms with van der Waals surface area (Å²) in [6.07, 6.45) is 7.43. The summed E-state index contributed by atoms with van der Waals surface area (Å²) >= 11 is 0. The standard InChI is InChI=1S/C13H25N3/c1-5-12-14-9-11-16(12)10-7-6-8-15-13(2,3)4/h9,11,15H,5-8,10H2,1-4H3. The van der Waals surface area contributed by atoms with E-state index >= 15 is 0 Å². The lowest BCUT2D eigenvalue weighted by atomic mass is 10.1. The third kappa shape index (κ3) is 4.79. The van der Waals surface area contributed by atoms with E-state index in [1.165, 1.54) is 18.7 Å². The lowest BCUT2D eigenvalue weighted by Crippen LogP contribution is -2.36. The minimum atomic E-state index is 0.240. The Morgan fingerprint density at radius 1 is 1.31 bits per heavy atom. The van der Waals surface area contributed by atoms with E-state index in [0.29, 0.717) is 0 Å². The van der Waals surface area contributed by atoms with E-state index in [0.717, 1.165) is 19.5 Å². The van der Waals surface area contributed by atoms with Gasteiger partial charge < -0.3 is 9.88 Å². The molecule has 0 saturated carbocycles. The predicted molar refractivity (Wildman–Crippen MR) is 68.6 cm³/mol. The predicted octanol–water partition coefficient (Wildman–Crippen LogP) is 2.61. The molecule has 1 aromatic rings. The molecule has 0 fully saturated rings. The molecule has 0 aliphatic carbocycles. The van der Waals surface area contributed by atoms with Crippen molar-refractivity contribution in [3.63, 3.8) is 0 Å². The van der Waals surface area contributed by atoms with Gasteiger partial charge in [0.25, 0.3) is 0 Å². The highest BCUT2D eigenvalue weighted by Gasteiger charge is 2.07. The third-order valence-corrected chi connectivity index (χ3v) is 2.60. The van der Waals surface area contributed by atoms with E-state index in [9.17, 15) is 0 Å². The molecule has 0 aromatic carbocycles. The summed E-state index contributed by atoms with van der Waals surface area (Å²) in [6, 6.07) is 0. The van der Waals surface area contributed by atoms with Crippen molar-refractivity contribution in [2.45, 2.75) is 59.0 Å². The SMILES string of the molecule is CCc1nccn1CCCCNC(C)(C)C. The summed E-state index contributed by atoms with van der Waals surface area (Å²) in [6.45, 7) is 11.0. The zero-order valence-corrected chi connectivity index (χ0v) is 11.1. The fraction of sp³-hybridized carbons (Fsp3) is 0.769. The van der Waals surface area contributed by atoms with Gasteiger partial charge in [-0.1, -0.05) is 6.92 Å². The molecular formula is C13H25N3. The van der Waals surface area contributed by atoms with E-state index in [2.05, 4.69) is 48.8 Å². The van der Waals surface area contributed by atoms with Crippen LogP contribution in [0.25, 0.3) is 0 Å². The molecule has 0 aliphatic rings. The maximum absolute atomic E-state index is 4.32. The second kappa shape index (κ2) is 6.04. The molecule has 1 heterocycles. The number of aryl methyl sites for hydroxylation is 2. The summed E-state index contributed by atoms with van der Waals surface area (Å²) in [5.41, 5.74) is 0.240. The minimum Gasteiger partial charge on any atom is -0.335 e. The number of hydrogen-bond donors (Lipinski definition) is 1. The molecular weight excluding hydrogens is 198 g/mol. The quantitative estimate of drug-likeness (QED) is 0.751. The average Bonchev–Trinajstić information content (AvgIpc) is 2.63. The van der Waals surface area contributed by atoms with E-state index in [1.54, 1.807) is 0 Å². The molecule has 1 aromatic heterocycles. The Kier molecular flexibility index (Phi) is 5.00. The van der Waals surface area contributed by atoms with Crippen molar-refractivity contribution in [1.82, 2.24) is 14.9 Å². The van der Waals surface area contributed by atoms with Crippen LogP contribution >= 0.6 is 0 Å². The van der Waals surface area contributed by atoms with Gasteiger partial charge in [0.1, 0.15) is 5.82 Å². The zero-order chi connectivity index (χ0) is 12.0. The second-order valence-electron chi connectivity index (χ2n) is 5.27. The van der Waals surface area contributed by atoms with Gasteiger partial charge >= 0.3 is 0 Å². The van der Waals surface area contributed by atoms with Crippen LogP contribution in [0.5, 0.6) is 0 Å². The number of unbranched alkanes of at least 4 members (excludes halogenated alkanes) is 1. The smallest absolute Gasteiger partial charge is 0.108 e. The third-order valence-electron chi connectivity index (χ3n) is 2.60. The molecule has 3 heteroatoms. The van der Waals surface area contributed by atoms with Crippen LogP contribution in [0.15, 0.2) is 12.4 Å². The Balaban J connectivity index is 2.16. The molecule has 3 nitrogen and oxygen atoms in total. The number of imidazole rings is 1. The lowest BCUT2D eigenvalue weighted by molar-refractivity contribution is 0.413. The van der Waals surface area contributed by atoms with Gasteiger partial charge in [0.15, 0.2) is 0 Å². The van der Waals surface area contributed by atoms with Crippen molar-refractivity contribution in [1.29, 1.82) is 0 Å². The molecule has 16 heavy (non-hydrogen) atoms. The topological polar surface area (TPSA) is 29.9 Å². The van der Waals surface area contributed by atoms with Gasteiger partial charge in [-0.15, -0.1) is 0 Å². The van der Waals surface area contributed by atoms with Crippen molar-refractivity contribution in [3.8, 4) is 0 Å². The summed E-state index contributed by atoms with van der Waals surface area (Å²) in [7, 11) is 0. The molecule has 0 atom stereocenters. The van der Waals surface area contributed by atoms with Gasteiger partial charge in [-0.25, -0.2) is 4.98 Å². The van der Waals surface area contributed by atoms with Gasteiger partial charge in [0.05, 0.1) is 0 Å². The van der Waals surface area contributed by atoms with Crippen LogP contribution in [0.2, 0.25) is 0 Å². The average molecular weight is 223 g/mol. The maximum atomic E-state index is 4.32. The number of rotatable bonds is 6. The van der Waals surface area contributed by atoms with Crippen LogP contribution in [-0.4, -0.2) is 21.6 Å². The molecule has 0 unspecified atom stereocenters. The number of hydrogen-bond acceptors (Lipinski definition) is 2. The minimum absolute atomic E-state index is 0.240. The van der Waals surface area contributed by atoms with Crippen molar-refractivity contribution < 1.29 is 0 Å². The fourth-order valence-corrected chi connectivity index (χ4v) is 1.73. The highest BCUT2D eigenvalue weighted by atomic mass is 15.1. The van der Waals surface area contributed by atoms with Crippen LogP contribution < -0.4 is 5.32 Å². The van der Waals surface area contributed by atoms with Crippen LogP contribution in [0.4, 0.5) is 0 Å². The largest absolute Gasteiger partial charge is 0.335 e.